The highest BCUT2D eigenvalue weighted by atomic mass is 32.2. The molecule has 0 aliphatic heterocycles. The zero-order valence-corrected chi connectivity index (χ0v) is 11.7. The van der Waals surface area contributed by atoms with Crippen molar-refractivity contribution < 1.29 is 9.52 Å². The Labute approximate surface area is 121 Å². The molecule has 0 bridgehead atoms. The smallest absolute Gasteiger partial charge is 0.226 e. The Morgan fingerprint density at radius 1 is 1.45 bits per heavy atom. The van der Waals surface area contributed by atoms with Crippen molar-refractivity contribution in [1.29, 1.82) is 0 Å². The molecule has 3 N–H and O–H groups in total. The minimum Gasteiger partial charge on any atom is -0.502 e. The number of thioether (sulfide) groups is 1. The van der Waals surface area contributed by atoms with E-state index in [2.05, 4.69) is 9.97 Å². The SMILES string of the molecule is Nc1nc(SCc2cc(=O)c(O)co2)nc2sccc12. The van der Waals surface area contributed by atoms with E-state index in [4.69, 9.17) is 15.3 Å². The first kappa shape index (κ1) is 12.9. The van der Waals surface area contributed by atoms with Gasteiger partial charge < -0.3 is 15.3 Å². The number of nitrogens with two attached hydrogens (primary N) is 1. The molecule has 0 aliphatic rings. The highest BCUT2D eigenvalue weighted by molar-refractivity contribution is 7.98. The first-order valence-corrected chi connectivity index (χ1v) is 7.44. The maximum Gasteiger partial charge on any atom is 0.226 e. The summed E-state index contributed by atoms with van der Waals surface area (Å²) in [5.41, 5.74) is 5.38. The molecule has 0 aromatic carbocycles. The number of rotatable bonds is 3. The van der Waals surface area contributed by atoms with Crippen LogP contribution in [0.2, 0.25) is 0 Å². The number of hydrogen-bond donors (Lipinski definition) is 2. The van der Waals surface area contributed by atoms with Crippen LogP contribution >= 0.6 is 23.1 Å². The summed E-state index contributed by atoms with van der Waals surface area (Å²) in [6, 6.07) is 3.12. The highest BCUT2D eigenvalue weighted by Gasteiger charge is 2.08. The van der Waals surface area contributed by atoms with E-state index >= 15 is 0 Å². The van der Waals surface area contributed by atoms with Gasteiger partial charge in [-0.25, -0.2) is 9.97 Å². The van der Waals surface area contributed by atoms with E-state index in [1.54, 1.807) is 0 Å². The van der Waals surface area contributed by atoms with Crippen LogP contribution < -0.4 is 11.2 Å². The van der Waals surface area contributed by atoms with Crippen LogP contribution in [0.25, 0.3) is 10.2 Å². The van der Waals surface area contributed by atoms with E-state index in [0.29, 0.717) is 22.5 Å². The Kier molecular flexibility index (Phi) is 3.33. The molecule has 20 heavy (non-hydrogen) atoms. The Bertz CT molecular complexity index is 828. The van der Waals surface area contributed by atoms with Crippen molar-refractivity contribution >= 4 is 39.1 Å². The molecule has 3 aromatic heterocycles. The number of aromatic nitrogens is 2. The van der Waals surface area contributed by atoms with Crippen LogP contribution in [0, 0.1) is 0 Å². The van der Waals surface area contributed by atoms with Crippen LogP contribution in [0.1, 0.15) is 5.76 Å². The first-order chi connectivity index (χ1) is 9.63. The van der Waals surface area contributed by atoms with Gasteiger partial charge >= 0.3 is 0 Å². The molecular weight excluding hydrogens is 298 g/mol. The fourth-order valence-corrected chi connectivity index (χ4v) is 3.15. The van der Waals surface area contributed by atoms with Gasteiger partial charge in [0, 0.05) is 6.07 Å². The minimum atomic E-state index is -0.471. The minimum absolute atomic E-state index is 0.381. The van der Waals surface area contributed by atoms with Crippen molar-refractivity contribution in [3.63, 3.8) is 0 Å². The van der Waals surface area contributed by atoms with Gasteiger partial charge in [-0.05, 0) is 11.4 Å². The van der Waals surface area contributed by atoms with E-state index in [1.807, 2.05) is 11.4 Å². The van der Waals surface area contributed by atoms with Gasteiger partial charge in [-0.2, -0.15) is 0 Å². The topological polar surface area (TPSA) is 102 Å². The fraction of sp³-hybridized carbons (Fsp3) is 0.0833. The van der Waals surface area contributed by atoms with Gasteiger partial charge in [-0.1, -0.05) is 11.8 Å². The molecule has 0 saturated carbocycles. The Balaban J connectivity index is 1.82. The van der Waals surface area contributed by atoms with Crippen LogP contribution in [0.15, 0.2) is 38.1 Å². The number of anilines is 1. The summed E-state index contributed by atoms with van der Waals surface area (Å²) in [4.78, 5) is 20.7. The summed E-state index contributed by atoms with van der Waals surface area (Å²) in [5, 5.41) is 12.4. The number of thiophene rings is 1. The highest BCUT2D eigenvalue weighted by Crippen LogP contribution is 2.27. The second kappa shape index (κ2) is 5.14. The van der Waals surface area contributed by atoms with Crippen LogP contribution in [-0.2, 0) is 5.75 Å². The van der Waals surface area contributed by atoms with Gasteiger partial charge in [0.15, 0.2) is 10.9 Å². The molecule has 0 atom stereocenters. The second-order valence-electron chi connectivity index (χ2n) is 3.92. The molecule has 0 fully saturated rings. The summed E-state index contributed by atoms with van der Waals surface area (Å²) < 4.78 is 5.11. The first-order valence-electron chi connectivity index (χ1n) is 5.57. The Morgan fingerprint density at radius 2 is 2.30 bits per heavy atom. The van der Waals surface area contributed by atoms with Gasteiger partial charge in [-0.15, -0.1) is 11.3 Å². The van der Waals surface area contributed by atoms with Gasteiger partial charge in [0.05, 0.1) is 11.1 Å². The summed E-state index contributed by atoms with van der Waals surface area (Å²) in [5.74, 6) is 0.850. The zero-order chi connectivity index (χ0) is 14.1. The standard InChI is InChI=1S/C12H9N3O3S2/c13-10-7-1-2-19-11(7)15-12(14-10)20-5-6-3-8(16)9(17)4-18-6/h1-4,17H,5H2,(H2,13,14,15). The van der Waals surface area contributed by atoms with E-state index in [0.717, 1.165) is 16.5 Å². The van der Waals surface area contributed by atoms with Crippen molar-refractivity contribution in [3.8, 4) is 5.75 Å². The lowest BCUT2D eigenvalue weighted by atomic mass is 10.4. The Hall–Kier alpha value is -2.06. The van der Waals surface area contributed by atoms with Gasteiger partial charge in [0.2, 0.25) is 5.43 Å². The normalized spacial score (nSPS) is 11.0. The van der Waals surface area contributed by atoms with E-state index in [-0.39, 0.29) is 0 Å². The second-order valence-corrected chi connectivity index (χ2v) is 5.75. The van der Waals surface area contributed by atoms with E-state index < -0.39 is 11.2 Å². The summed E-state index contributed by atoms with van der Waals surface area (Å²) in [6.45, 7) is 0. The van der Waals surface area contributed by atoms with Crippen molar-refractivity contribution in [3.05, 3.63) is 39.8 Å². The number of hydrogen-bond acceptors (Lipinski definition) is 8. The molecule has 0 radical (unpaired) electrons. The quantitative estimate of drug-likeness (QED) is 0.565. The average molecular weight is 307 g/mol. The third-order valence-electron chi connectivity index (χ3n) is 2.54. The fourth-order valence-electron chi connectivity index (χ4n) is 1.58. The number of aromatic hydroxyl groups is 1. The largest absolute Gasteiger partial charge is 0.502 e. The molecule has 8 heteroatoms. The number of fused-ring (bicyclic) bond motifs is 1. The maximum absolute atomic E-state index is 11.3. The van der Waals surface area contributed by atoms with Crippen molar-refractivity contribution in [2.45, 2.75) is 10.9 Å². The predicted molar refractivity (Wildman–Crippen MR) is 78.0 cm³/mol. The Morgan fingerprint density at radius 3 is 3.10 bits per heavy atom. The molecule has 0 amide bonds. The van der Waals surface area contributed by atoms with Gasteiger partial charge in [0.25, 0.3) is 0 Å². The molecule has 3 aromatic rings. The average Bonchev–Trinajstić information content (AvgIpc) is 2.89. The lowest BCUT2D eigenvalue weighted by molar-refractivity contribution is 0.419. The van der Waals surface area contributed by atoms with Crippen molar-refractivity contribution in [2.24, 2.45) is 0 Å². The molecule has 0 unspecified atom stereocenters. The molecular formula is C12H9N3O3S2. The summed E-state index contributed by atoms with van der Waals surface area (Å²) in [6.07, 6.45) is 1.02. The van der Waals surface area contributed by atoms with Crippen LogP contribution in [0.3, 0.4) is 0 Å². The lowest BCUT2D eigenvalue weighted by Crippen LogP contribution is -1.99. The third kappa shape index (κ3) is 2.47. The van der Waals surface area contributed by atoms with E-state index in [1.165, 1.54) is 29.2 Å². The van der Waals surface area contributed by atoms with Gasteiger partial charge in [-0.3, -0.25) is 4.79 Å². The monoisotopic (exact) mass is 307 g/mol. The lowest BCUT2D eigenvalue weighted by Gasteiger charge is -2.02. The van der Waals surface area contributed by atoms with Crippen molar-refractivity contribution in [2.75, 3.05) is 5.73 Å². The third-order valence-corrected chi connectivity index (χ3v) is 4.22. The maximum atomic E-state index is 11.3. The predicted octanol–water partition coefficient (Wildman–Crippen LogP) is 2.22. The molecule has 6 nitrogen and oxygen atoms in total. The summed E-state index contributed by atoms with van der Waals surface area (Å²) in [7, 11) is 0. The molecule has 3 rings (SSSR count). The van der Waals surface area contributed by atoms with Gasteiger partial charge in [0.1, 0.15) is 22.7 Å². The van der Waals surface area contributed by atoms with Crippen molar-refractivity contribution in [1.82, 2.24) is 9.97 Å². The molecule has 102 valence electrons. The number of nitrogen functional groups attached to an aromatic ring is 1. The van der Waals surface area contributed by atoms with Crippen LogP contribution in [-0.4, -0.2) is 15.1 Å². The van der Waals surface area contributed by atoms with Crippen LogP contribution in [0.4, 0.5) is 5.82 Å². The van der Waals surface area contributed by atoms with E-state index in [9.17, 15) is 4.79 Å². The molecule has 0 aliphatic carbocycles. The number of nitrogens with zero attached hydrogens (tertiary/aromatic N) is 2. The molecule has 0 spiro atoms. The summed E-state index contributed by atoms with van der Waals surface area (Å²) >= 11 is 2.80. The zero-order valence-electron chi connectivity index (χ0n) is 10.1. The molecule has 3 heterocycles. The molecule has 0 saturated heterocycles. The van der Waals surface area contributed by atoms with Crippen LogP contribution in [0.5, 0.6) is 5.75 Å².